The van der Waals surface area contributed by atoms with Crippen molar-refractivity contribution >= 4 is 5.97 Å². The van der Waals surface area contributed by atoms with Crippen molar-refractivity contribution in [3.05, 3.63) is 0 Å². The molecule has 0 atom stereocenters. The van der Waals surface area contributed by atoms with Crippen LogP contribution in [0.3, 0.4) is 0 Å². The van der Waals surface area contributed by atoms with Crippen LogP contribution in [0, 0.1) is 0 Å². The smallest absolute Gasteiger partial charge is 0.305 e. The molecule has 4 nitrogen and oxygen atoms in total. The number of carboxylic acid groups (broad SMARTS) is 1. The van der Waals surface area contributed by atoms with Crippen molar-refractivity contribution in [2.45, 2.75) is 44.7 Å². The van der Waals surface area contributed by atoms with Gasteiger partial charge in [-0.1, -0.05) is 13.8 Å². The van der Waals surface area contributed by atoms with Gasteiger partial charge in [-0.3, -0.25) is 9.69 Å². The molecule has 1 fully saturated rings. The van der Waals surface area contributed by atoms with Crippen molar-refractivity contribution in [1.29, 1.82) is 0 Å². The summed E-state index contributed by atoms with van der Waals surface area (Å²) in [5.41, 5.74) is -0.150. The van der Waals surface area contributed by atoms with Crippen LogP contribution in [0.1, 0.15) is 33.1 Å². The molecular formula is C11H22N2O2. The first kappa shape index (κ1) is 12.5. The Morgan fingerprint density at radius 1 is 1.47 bits per heavy atom. The molecule has 0 aromatic carbocycles. The molecule has 0 unspecified atom stereocenters. The quantitative estimate of drug-likeness (QED) is 0.690. The molecule has 4 heteroatoms. The molecule has 15 heavy (non-hydrogen) atoms. The van der Waals surface area contributed by atoms with E-state index in [0.29, 0.717) is 6.04 Å². The first-order chi connectivity index (χ1) is 7.05. The van der Waals surface area contributed by atoms with Crippen molar-refractivity contribution < 1.29 is 9.90 Å². The van der Waals surface area contributed by atoms with Crippen molar-refractivity contribution in [2.75, 3.05) is 20.1 Å². The Labute approximate surface area is 91.6 Å². The lowest BCUT2D eigenvalue weighted by molar-refractivity contribution is -0.142. The van der Waals surface area contributed by atoms with Gasteiger partial charge >= 0.3 is 5.97 Å². The topological polar surface area (TPSA) is 52.6 Å². The van der Waals surface area contributed by atoms with E-state index in [1.54, 1.807) is 0 Å². The summed E-state index contributed by atoms with van der Waals surface area (Å²) in [4.78, 5) is 13.1. The van der Waals surface area contributed by atoms with Crippen LogP contribution in [0.15, 0.2) is 0 Å². The van der Waals surface area contributed by atoms with Gasteiger partial charge in [0.15, 0.2) is 0 Å². The molecule has 1 rings (SSSR count). The number of carbonyl (C=O) groups is 1. The summed E-state index contributed by atoms with van der Waals surface area (Å²) in [6.07, 6.45) is 2.40. The highest BCUT2D eigenvalue weighted by Gasteiger charge is 2.44. The van der Waals surface area contributed by atoms with E-state index in [-0.39, 0.29) is 12.0 Å². The summed E-state index contributed by atoms with van der Waals surface area (Å²) >= 11 is 0. The maximum atomic E-state index is 10.9. The highest BCUT2D eigenvalue weighted by molar-refractivity contribution is 5.68. The van der Waals surface area contributed by atoms with E-state index in [1.165, 1.54) is 0 Å². The van der Waals surface area contributed by atoms with Crippen LogP contribution in [0.25, 0.3) is 0 Å². The number of aliphatic carboxylic acids is 1. The van der Waals surface area contributed by atoms with Crippen LogP contribution in [-0.2, 0) is 4.79 Å². The highest BCUT2D eigenvalue weighted by atomic mass is 16.4. The fourth-order valence-corrected chi connectivity index (χ4v) is 2.42. The Morgan fingerprint density at radius 3 is 2.27 bits per heavy atom. The lowest BCUT2D eigenvalue weighted by atomic mass is 9.85. The zero-order chi connectivity index (χ0) is 11.5. The monoisotopic (exact) mass is 214 g/mol. The molecule has 0 aromatic rings. The third kappa shape index (κ3) is 2.49. The van der Waals surface area contributed by atoms with Crippen molar-refractivity contribution in [2.24, 2.45) is 0 Å². The van der Waals surface area contributed by atoms with Gasteiger partial charge in [-0.15, -0.1) is 0 Å². The molecule has 0 bridgehead atoms. The molecule has 0 aromatic heterocycles. The van der Waals surface area contributed by atoms with E-state index in [4.69, 9.17) is 5.11 Å². The highest BCUT2D eigenvalue weighted by Crippen LogP contribution is 2.27. The molecule has 1 heterocycles. The van der Waals surface area contributed by atoms with Crippen LogP contribution in [0.4, 0.5) is 0 Å². The fourth-order valence-electron chi connectivity index (χ4n) is 2.42. The average molecular weight is 214 g/mol. The van der Waals surface area contributed by atoms with Gasteiger partial charge < -0.3 is 10.4 Å². The number of nitrogens with one attached hydrogen (secondary N) is 1. The minimum absolute atomic E-state index is 0.150. The molecule has 0 radical (unpaired) electrons. The summed E-state index contributed by atoms with van der Waals surface area (Å²) in [6.45, 7) is 5.91. The Balaban J connectivity index is 2.67. The van der Waals surface area contributed by atoms with Gasteiger partial charge in [-0.05, 0) is 19.9 Å². The average Bonchev–Trinajstić information content (AvgIpc) is 2.12. The largest absolute Gasteiger partial charge is 0.481 e. The van der Waals surface area contributed by atoms with Crippen LogP contribution >= 0.6 is 0 Å². The molecule has 1 saturated heterocycles. The third-order valence-corrected chi connectivity index (χ3v) is 3.63. The van der Waals surface area contributed by atoms with Gasteiger partial charge in [0.05, 0.1) is 12.0 Å². The van der Waals surface area contributed by atoms with Crippen molar-refractivity contribution in [3.63, 3.8) is 0 Å². The minimum Gasteiger partial charge on any atom is -0.481 e. The van der Waals surface area contributed by atoms with E-state index in [0.717, 1.165) is 25.9 Å². The summed E-state index contributed by atoms with van der Waals surface area (Å²) in [6, 6.07) is 0.492. The lowest BCUT2D eigenvalue weighted by Gasteiger charge is -2.51. The molecule has 1 aliphatic rings. The predicted octanol–water partition coefficient (Wildman–Crippen LogP) is 0.924. The van der Waals surface area contributed by atoms with Crippen LogP contribution in [0.5, 0.6) is 0 Å². The zero-order valence-corrected chi connectivity index (χ0v) is 9.92. The maximum absolute atomic E-state index is 10.9. The Kier molecular flexibility index (Phi) is 4.11. The zero-order valence-electron chi connectivity index (χ0n) is 9.92. The molecule has 1 aliphatic heterocycles. The fraction of sp³-hybridized carbons (Fsp3) is 0.909. The van der Waals surface area contributed by atoms with E-state index < -0.39 is 5.97 Å². The van der Waals surface area contributed by atoms with Crippen LogP contribution in [0.2, 0.25) is 0 Å². The molecule has 0 spiro atoms. The van der Waals surface area contributed by atoms with E-state index in [2.05, 4.69) is 31.1 Å². The summed E-state index contributed by atoms with van der Waals surface area (Å²) in [5.74, 6) is -0.700. The molecule has 2 N–H and O–H groups in total. The maximum Gasteiger partial charge on any atom is 0.305 e. The lowest BCUT2D eigenvalue weighted by Crippen LogP contribution is -2.70. The van der Waals surface area contributed by atoms with Gasteiger partial charge in [-0.2, -0.15) is 0 Å². The summed E-state index contributed by atoms with van der Waals surface area (Å²) < 4.78 is 0. The Bertz CT molecular complexity index is 223. The molecule has 88 valence electrons. The number of hydrogen-bond donors (Lipinski definition) is 2. The van der Waals surface area contributed by atoms with E-state index >= 15 is 0 Å². The summed E-state index contributed by atoms with van der Waals surface area (Å²) in [5, 5.41) is 12.1. The van der Waals surface area contributed by atoms with Gasteiger partial charge in [-0.25, -0.2) is 0 Å². The number of carboxylic acids is 1. The number of likely N-dealkylation sites (N-methyl/N-ethyl adjacent to an activating group) is 1. The number of nitrogens with zero attached hydrogens (tertiary/aromatic N) is 1. The second kappa shape index (κ2) is 4.94. The third-order valence-electron chi connectivity index (χ3n) is 3.63. The van der Waals surface area contributed by atoms with E-state index in [1.807, 2.05) is 0 Å². The van der Waals surface area contributed by atoms with Crippen molar-refractivity contribution in [1.82, 2.24) is 10.2 Å². The molecular weight excluding hydrogens is 192 g/mol. The van der Waals surface area contributed by atoms with Gasteiger partial charge in [0, 0.05) is 19.1 Å². The Hall–Kier alpha value is -0.610. The SMILES string of the molecule is CCC(CC)N(C)C1(CC(=O)O)CNC1. The van der Waals surface area contributed by atoms with Crippen LogP contribution < -0.4 is 5.32 Å². The second-order valence-corrected chi connectivity index (χ2v) is 4.48. The minimum atomic E-state index is -0.700. The summed E-state index contributed by atoms with van der Waals surface area (Å²) in [7, 11) is 2.06. The predicted molar refractivity (Wildman–Crippen MR) is 60.0 cm³/mol. The van der Waals surface area contributed by atoms with Gasteiger partial charge in [0.25, 0.3) is 0 Å². The normalized spacial score (nSPS) is 19.3. The second-order valence-electron chi connectivity index (χ2n) is 4.48. The van der Waals surface area contributed by atoms with Gasteiger partial charge in [0.2, 0.25) is 0 Å². The molecule has 0 aliphatic carbocycles. The first-order valence-corrected chi connectivity index (χ1v) is 5.71. The number of rotatable bonds is 6. The molecule has 0 saturated carbocycles. The first-order valence-electron chi connectivity index (χ1n) is 5.71. The van der Waals surface area contributed by atoms with E-state index in [9.17, 15) is 4.79 Å². The molecule has 0 amide bonds. The van der Waals surface area contributed by atoms with Crippen LogP contribution in [-0.4, -0.2) is 47.7 Å². The van der Waals surface area contributed by atoms with Gasteiger partial charge in [0.1, 0.15) is 0 Å². The Morgan fingerprint density at radius 2 is 2.00 bits per heavy atom. The standard InChI is InChI=1S/C11H22N2O2/c1-4-9(5-2)13(3)11(6-10(14)15)7-12-8-11/h9,12H,4-8H2,1-3H3,(H,14,15). The number of hydrogen-bond acceptors (Lipinski definition) is 3. The van der Waals surface area contributed by atoms with Crippen molar-refractivity contribution in [3.8, 4) is 0 Å².